The van der Waals surface area contributed by atoms with E-state index in [-0.39, 0.29) is 12.1 Å². The van der Waals surface area contributed by atoms with Crippen molar-refractivity contribution in [2.75, 3.05) is 13.2 Å². The van der Waals surface area contributed by atoms with Crippen molar-refractivity contribution in [1.82, 2.24) is 9.88 Å². The summed E-state index contributed by atoms with van der Waals surface area (Å²) in [5, 5.41) is 0.433. The summed E-state index contributed by atoms with van der Waals surface area (Å²) >= 11 is 6.22. The summed E-state index contributed by atoms with van der Waals surface area (Å²) in [6, 6.07) is 11.7. The molecule has 1 aromatic heterocycles. The molecule has 0 saturated carbocycles. The molecule has 0 unspecified atom stereocenters. The van der Waals surface area contributed by atoms with Crippen LogP contribution >= 0.6 is 11.6 Å². The Labute approximate surface area is 158 Å². The quantitative estimate of drug-likeness (QED) is 0.722. The maximum atomic E-state index is 12.2. The van der Waals surface area contributed by atoms with E-state index in [1.165, 1.54) is 0 Å². The van der Waals surface area contributed by atoms with Crippen LogP contribution in [0.3, 0.4) is 0 Å². The Morgan fingerprint density at radius 3 is 2.65 bits per heavy atom. The Hall–Kier alpha value is -2.27. The lowest BCUT2D eigenvalue weighted by Crippen LogP contribution is -2.55. The molecule has 0 spiro atoms. The average Bonchev–Trinajstić information content (AvgIpc) is 2.54. The zero-order valence-electron chi connectivity index (χ0n) is 15.2. The molecule has 1 aromatic carbocycles. The minimum absolute atomic E-state index is 0.0145. The number of pyridine rings is 1. The van der Waals surface area contributed by atoms with Crippen LogP contribution in [0.1, 0.15) is 27.2 Å². The van der Waals surface area contributed by atoms with Gasteiger partial charge in [0, 0.05) is 12.1 Å². The lowest BCUT2D eigenvalue weighted by Gasteiger charge is -2.41. The maximum absolute atomic E-state index is 12.2. The van der Waals surface area contributed by atoms with E-state index in [1.807, 2.05) is 57.2 Å². The molecular weight excluding hydrogens is 352 g/mol. The van der Waals surface area contributed by atoms with Gasteiger partial charge >= 0.3 is 6.09 Å². The van der Waals surface area contributed by atoms with Crippen LogP contribution in [0.15, 0.2) is 42.6 Å². The van der Waals surface area contributed by atoms with Crippen molar-refractivity contribution in [1.29, 1.82) is 0 Å². The van der Waals surface area contributed by atoms with Crippen LogP contribution in [-0.4, -0.2) is 40.8 Å². The molecule has 6 heteroatoms. The number of rotatable bonds is 4. The number of hydrogen-bond donors (Lipinski definition) is 0. The summed E-state index contributed by atoms with van der Waals surface area (Å²) in [6.45, 7) is 6.68. The van der Waals surface area contributed by atoms with Gasteiger partial charge in [0.25, 0.3) is 0 Å². The molecular formula is C20H23ClN2O3. The van der Waals surface area contributed by atoms with E-state index in [1.54, 1.807) is 11.1 Å². The lowest BCUT2D eigenvalue weighted by atomic mass is 10.1. The first-order valence-electron chi connectivity index (χ1n) is 8.67. The third kappa shape index (κ3) is 4.47. The highest BCUT2D eigenvalue weighted by Crippen LogP contribution is 2.30. The molecule has 26 heavy (non-hydrogen) atoms. The van der Waals surface area contributed by atoms with Gasteiger partial charge in [-0.3, -0.25) is 0 Å². The second-order valence-corrected chi connectivity index (χ2v) is 7.66. The monoisotopic (exact) mass is 374 g/mol. The normalized spacial score (nSPS) is 16.8. The zero-order chi connectivity index (χ0) is 18.7. The number of aromatic nitrogens is 1. The van der Waals surface area contributed by atoms with Crippen LogP contribution in [0.25, 0.3) is 11.1 Å². The van der Waals surface area contributed by atoms with Gasteiger partial charge in [0.15, 0.2) is 0 Å². The van der Waals surface area contributed by atoms with E-state index in [0.717, 1.165) is 17.5 Å². The van der Waals surface area contributed by atoms with Crippen molar-refractivity contribution >= 4 is 17.7 Å². The standard InChI is InChI=1S/C20H23ClN2O3/c1-20(2,3)26-19(24)23-10-9-15(23)13-25-16-11-17(18(21)22-12-16)14-7-5-4-6-8-14/h4-8,11-12,15H,9-10,13H2,1-3H3/t15-/m1/s1. The van der Waals surface area contributed by atoms with E-state index in [2.05, 4.69) is 4.98 Å². The van der Waals surface area contributed by atoms with Crippen LogP contribution in [-0.2, 0) is 4.74 Å². The third-order valence-corrected chi connectivity index (χ3v) is 4.41. The van der Waals surface area contributed by atoms with E-state index in [0.29, 0.717) is 24.1 Å². The minimum Gasteiger partial charge on any atom is -0.490 e. The van der Waals surface area contributed by atoms with E-state index < -0.39 is 5.60 Å². The Morgan fingerprint density at radius 1 is 1.31 bits per heavy atom. The molecule has 0 bridgehead atoms. The highest BCUT2D eigenvalue weighted by molar-refractivity contribution is 6.32. The smallest absolute Gasteiger partial charge is 0.410 e. The Balaban J connectivity index is 1.63. The Kier molecular flexibility index (Phi) is 5.37. The predicted molar refractivity (Wildman–Crippen MR) is 102 cm³/mol. The number of halogens is 1. The predicted octanol–water partition coefficient (Wildman–Crippen LogP) is 4.79. The van der Waals surface area contributed by atoms with Crippen molar-refractivity contribution < 1.29 is 14.3 Å². The van der Waals surface area contributed by atoms with Crippen LogP contribution in [0.2, 0.25) is 5.15 Å². The summed E-state index contributed by atoms with van der Waals surface area (Å²) in [7, 11) is 0. The molecule has 1 amide bonds. The third-order valence-electron chi connectivity index (χ3n) is 4.11. The second-order valence-electron chi connectivity index (χ2n) is 7.30. The molecule has 0 radical (unpaired) electrons. The number of amides is 1. The van der Waals surface area contributed by atoms with Gasteiger partial charge in [0.05, 0.1) is 12.2 Å². The number of carbonyl (C=O) groups excluding carboxylic acids is 1. The molecule has 0 N–H and O–H groups in total. The number of likely N-dealkylation sites (tertiary alicyclic amines) is 1. The molecule has 2 aromatic rings. The number of benzene rings is 1. The minimum atomic E-state index is -0.497. The molecule has 1 aliphatic rings. The molecule has 2 heterocycles. The van der Waals surface area contributed by atoms with E-state index in [4.69, 9.17) is 21.1 Å². The Morgan fingerprint density at radius 2 is 2.04 bits per heavy atom. The van der Waals surface area contributed by atoms with Crippen LogP contribution in [0.4, 0.5) is 4.79 Å². The highest BCUT2D eigenvalue weighted by atomic mass is 35.5. The fraction of sp³-hybridized carbons (Fsp3) is 0.400. The largest absolute Gasteiger partial charge is 0.490 e. The summed E-state index contributed by atoms with van der Waals surface area (Å²) in [4.78, 5) is 18.1. The summed E-state index contributed by atoms with van der Waals surface area (Å²) in [5.41, 5.74) is 1.31. The topological polar surface area (TPSA) is 51.7 Å². The zero-order valence-corrected chi connectivity index (χ0v) is 16.0. The van der Waals surface area contributed by atoms with Crippen LogP contribution in [0.5, 0.6) is 5.75 Å². The number of ether oxygens (including phenoxy) is 2. The first kappa shape index (κ1) is 18.5. The van der Waals surface area contributed by atoms with Gasteiger partial charge in [-0.2, -0.15) is 0 Å². The van der Waals surface area contributed by atoms with Gasteiger partial charge in [-0.15, -0.1) is 0 Å². The van der Waals surface area contributed by atoms with Crippen molar-refractivity contribution in [3.8, 4) is 16.9 Å². The van der Waals surface area contributed by atoms with Crippen LogP contribution < -0.4 is 4.74 Å². The van der Waals surface area contributed by atoms with Crippen molar-refractivity contribution in [2.45, 2.75) is 38.8 Å². The van der Waals surface area contributed by atoms with Gasteiger partial charge in [0.1, 0.15) is 23.1 Å². The molecule has 1 fully saturated rings. The van der Waals surface area contributed by atoms with Crippen molar-refractivity contribution in [2.24, 2.45) is 0 Å². The first-order chi connectivity index (χ1) is 12.3. The molecule has 5 nitrogen and oxygen atoms in total. The fourth-order valence-corrected chi connectivity index (χ4v) is 2.91. The average molecular weight is 375 g/mol. The van der Waals surface area contributed by atoms with E-state index >= 15 is 0 Å². The fourth-order valence-electron chi connectivity index (χ4n) is 2.70. The molecule has 0 aliphatic carbocycles. The lowest BCUT2D eigenvalue weighted by molar-refractivity contribution is -0.0141. The molecule has 1 aliphatic heterocycles. The summed E-state index contributed by atoms with van der Waals surface area (Å²) in [6.07, 6.45) is 2.20. The van der Waals surface area contributed by atoms with E-state index in [9.17, 15) is 4.79 Å². The first-order valence-corrected chi connectivity index (χ1v) is 9.05. The number of nitrogens with zero attached hydrogens (tertiary/aromatic N) is 2. The van der Waals surface area contributed by atoms with Crippen molar-refractivity contribution in [3.05, 3.63) is 47.7 Å². The Bertz CT molecular complexity index is 774. The molecule has 1 atom stereocenters. The number of hydrogen-bond acceptors (Lipinski definition) is 4. The van der Waals surface area contributed by atoms with Crippen LogP contribution in [0, 0.1) is 0 Å². The summed E-state index contributed by atoms with van der Waals surface area (Å²) in [5.74, 6) is 0.629. The SMILES string of the molecule is CC(C)(C)OC(=O)N1CC[C@@H]1COc1cnc(Cl)c(-c2ccccc2)c1. The van der Waals surface area contributed by atoms with Gasteiger partial charge in [-0.05, 0) is 38.8 Å². The second kappa shape index (κ2) is 7.54. The van der Waals surface area contributed by atoms with Gasteiger partial charge in [-0.25, -0.2) is 9.78 Å². The van der Waals surface area contributed by atoms with Gasteiger partial charge < -0.3 is 14.4 Å². The maximum Gasteiger partial charge on any atom is 0.410 e. The van der Waals surface area contributed by atoms with Crippen molar-refractivity contribution in [3.63, 3.8) is 0 Å². The molecule has 138 valence electrons. The summed E-state index contributed by atoms with van der Waals surface area (Å²) < 4.78 is 11.3. The highest BCUT2D eigenvalue weighted by Gasteiger charge is 2.35. The molecule has 3 rings (SSSR count). The van der Waals surface area contributed by atoms with Gasteiger partial charge in [-0.1, -0.05) is 41.9 Å². The van der Waals surface area contributed by atoms with Gasteiger partial charge in [0.2, 0.25) is 0 Å². The molecule has 1 saturated heterocycles. The number of carbonyl (C=O) groups is 1.